The van der Waals surface area contributed by atoms with E-state index in [0.717, 1.165) is 42.1 Å². The van der Waals surface area contributed by atoms with Crippen molar-refractivity contribution >= 4 is 46.0 Å². The van der Waals surface area contributed by atoms with Gasteiger partial charge < -0.3 is 20.1 Å². The highest BCUT2D eigenvalue weighted by Gasteiger charge is 2.27. The number of methoxy groups -OCH3 is 2. The van der Waals surface area contributed by atoms with E-state index in [1.807, 2.05) is 18.2 Å². The van der Waals surface area contributed by atoms with E-state index in [4.69, 9.17) is 32.7 Å². The summed E-state index contributed by atoms with van der Waals surface area (Å²) in [5, 5.41) is 8.03. The molecule has 1 saturated carbocycles. The molecule has 2 atom stereocenters. The van der Waals surface area contributed by atoms with Crippen LogP contribution in [-0.2, 0) is 4.79 Å². The van der Waals surface area contributed by atoms with Gasteiger partial charge in [0.15, 0.2) is 0 Å². The molecule has 0 radical (unpaired) electrons. The van der Waals surface area contributed by atoms with Gasteiger partial charge in [0.05, 0.1) is 29.8 Å². The SMILES string of the molecule is CC#CC(=O)NC1CCCCC1Nc1ncc2cc(-c3c(Cl)c(OC)cc(OC)c3Cl)ccc2n1. The second-order valence-corrected chi connectivity index (χ2v) is 9.00. The molecule has 7 nitrogen and oxygen atoms in total. The molecule has 2 N–H and O–H groups in total. The molecule has 0 aliphatic heterocycles. The van der Waals surface area contributed by atoms with E-state index < -0.39 is 0 Å². The minimum absolute atomic E-state index is 0.0221. The third-order valence-corrected chi connectivity index (χ3v) is 6.83. The molecule has 1 fully saturated rings. The summed E-state index contributed by atoms with van der Waals surface area (Å²) in [4.78, 5) is 21.2. The third-order valence-electron chi connectivity index (χ3n) is 6.08. The first-order valence-corrected chi connectivity index (χ1v) is 12.1. The Morgan fingerprint density at radius 1 is 1.06 bits per heavy atom. The molecule has 35 heavy (non-hydrogen) atoms. The standard InChI is InChI=1S/C26H26Cl2N4O3/c1-4-7-22(33)30-18-8-5-6-9-19(18)32-26-29-14-16-12-15(10-11-17(16)31-26)23-24(27)20(34-2)13-21(35-3)25(23)28/h10-14,18-19H,5-6,8-9H2,1-3H3,(H,30,33)(H,29,31,32). The summed E-state index contributed by atoms with van der Waals surface area (Å²) < 4.78 is 10.8. The Hall–Kier alpha value is -3.21. The zero-order valence-electron chi connectivity index (χ0n) is 19.7. The Bertz CT molecular complexity index is 1290. The number of carbonyl (C=O) groups is 1. The Morgan fingerprint density at radius 2 is 1.74 bits per heavy atom. The van der Waals surface area contributed by atoms with Gasteiger partial charge in [0.25, 0.3) is 5.91 Å². The zero-order valence-corrected chi connectivity index (χ0v) is 21.3. The number of halogens is 2. The molecule has 0 saturated heterocycles. The maximum atomic E-state index is 12.0. The average Bonchev–Trinajstić information content (AvgIpc) is 2.85. The topological polar surface area (TPSA) is 85.4 Å². The first-order chi connectivity index (χ1) is 16.9. The number of ether oxygens (including phenoxy) is 2. The maximum absolute atomic E-state index is 12.0. The fourth-order valence-corrected chi connectivity index (χ4v) is 5.08. The van der Waals surface area contributed by atoms with Crippen LogP contribution in [0.3, 0.4) is 0 Å². The number of hydrogen-bond donors (Lipinski definition) is 2. The van der Waals surface area contributed by atoms with Gasteiger partial charge in [-0.05, 0) is 43.4 Å². The molecule has 2 aromatic carbocycles. The van der Waals surface area contributed by atoms with Gasteiger partial charge in [-0.25, -0.2) is 9.97 Å². The molecule has 1 aromatic heterocycles. The fraction of sp³-hybridized carbons (Fsp3) is 0.346. The minimum atomic E-state index is -0.260. The van der Waals surface area contributed by atoms with Crippen LogP contribution in [0, 0.1) is 11.8 Å². The van der Waals surface area contributed by atoms with Crippen molar-refractivity contribution in [1.29, 1.82) is 0 Å². The summed E-state index contributed by atoms with van der Waals surface area (Å²) in [5.41, 5.74) is 2.17. The number of carbonyl (C=O) groups excluding carboxylic acids is 1. The average molecular weight is 513 g/mol. The molecule has 1 aliphatic rings. The minimum Gasteiger partial charge on any atom is -0.495 e. The lowest BCUT2D eigenvalue weighted by Gasteiger charge is -2.32. The number of amides is 1. The fourth-order valence-electron chi connectivity index (χ4n) is 4.36. The molecule has 1 heterocycles. The van der Waals surface area contributed by atoms with E-state index in [2.05, 4.69) is 32.4 Å². The normalized spacial score (nSPS) is 17.3. The van der Waals surface area contributed by atoms with Crippen LogP contribution in [0.4, 0.5) is 5.95 Å². The first-order valence-electron chi connectivity index (χ1n) is 11.3. The van der Waals surface area contributed by atoms with Crippen LogP contribution in [0.15, 0.2) is 30.5 Å². The summed E-state index contributed by atoms with van der Waals surface area (Å²) in [6.45, 7) is 1.65. The Kier molecular flexibility index (Phi) is 7.84. The van der Waals surface area contributed by atoms with Crippen molar-refractivity contribution in [3.63, 3.8) is 0 Å². The molecular weight excluding hydrogens is 487 g/mol. The molecule has 0 bridgehead atoms. The lowest BCUT2D eigenvalue weighted by atomic mass is 9.90. The highest BCUT2D eigenvalue weighted by molar-refractivity contribution is 6.41. The van der Waals surface area contributed by atoms with Crippen LogP contribution < -0.4 is 20.1 Å². The van der Waals surface area contributed by atoms with Crippen LogP contribution in [0.1, 0.15) is 32.6 Å². The zero-order chi connectivity index (χ0) is 24.9. The van der Waals surface area contributed by atoms with Crippen molar-refractivity contribution in [2.45, 2.75) is 44.7 Å². The van der Waals surface area contributed by atoms with E-state index in [1.54, 1.807) is 33.4 Å². The van der Waals surface area contributed by atoms with Gasteiger partial charge in [-0.3, -0.25) is 4.79 Å². The number of rotatable bonds is 6. The van der Waals surface area contributed by atoms with Crippen molar-refractivity contribution in [2.75, 3.05) is 19.5 Å². The summed E-state index contributed by atoms with van der Waals surface area (Å²) in [6, 6.07) is 7.39. The van der Waals surface area contributed by atoms with Crippen LogP contribution in [0.25, 0.3) is 22.0 Å². The second kappa shape index (κ2) is 11.0. The van der Waals surface area contributed by atoms with Gasteiger partial charge in [0, 0.05) is 35.3 Å². The van der Waals surface area contributed by atoms with Crippen molar-refractivity contribution in [3.05, 3.63) is 40.5 Å². The van der Waals surface area contributed by atoms with E-state index in [1.165, 1.54) is 0 Å². The lowest BCUT2D eigenvalue weighted by Crippen LogP contribution is -2.48. The van der Waals surface area contributed by atoms with E-state index in [9.17, 15) is 4.79 Å². The monoisotopic (exact) mass is 512 g/mol. The van der Waals surface area contributed by atoms with E-state index >= 15 is 0 Å². The van der Waals surface area contributed by atoms with Crippen LogP contribution in [-0.4, -0.2) is 42.2 Å². The lowest BCUT2D eigenvalue weighted by molar-refractivity contribution is -0.116. The molecule has 4 rings (SSSR count). The highest BCUT2D eigenvalue weighted by atomic mass is 35.5. The molecule has 3 aromatic rings. The number of aromatic nitrogens is 2. The van der Waals surface area contributed by atoms with E-state index in [-0.39, 0.29) is 18.0 Å². The number of fused-ring (bicyclic) bond motifs is 1. The van der Waals surface area contributed by atoms with Gasteiger partial charge >= 0.3 is 0 Å². The van der Waals surface area contributed by atoms with Crippen molar-refractivity contribution < 1.29 is 14.3 Å². The Balaban J connectivity index is 1.62. The van der Waals surface area contributed by atoms with Gasteiger partial charge in [-0.2, -0.15) is 0 Å². The van der Waals surface area contributed by atoms with Crippen LogP contribution in [0.2, 0.25) is 10.0 Å². The van der Waals surface area contributed by atoms with Crippen LogP contribution >= 0.6 is 23.2 Å². The highest BCUT2D eigenvalue weighted by Crippen LogP contribution is 2.46. The van der Waals surface area contributed by atoms with Gasteiger partial charge in [0.2, 0.25) is 5.95 Å². The van der Waals surface area contributed by atoms with Gasteiger partial charge in [-0.15, -0.1) is 0 Å². The molecule has 182 valence electrons. The number of anilines is 1. The molecule has 2 unspecified atom stereocenters. The second-order valence-electron chi connectivity index (χ2n) is 8.24. The van der Waals surface area contributed by atoms with Gasteiger partial charge in [0.1, 0.15) is 11.5 Å². The van der Waals surface area contributed by atoms with Gasteiger partial charge in [-0.1, -0.05) is 48.0 Å². The predicted octanol–water partition coefficient (Wildman–Crippen LogP) is 5.48. The number of benzene rings is 2. The quantitative estimate of drug-likeness (QED) is 0.425. The van der Waals surface area contributed by atoms with E-state index in [0.29, 0.717) is 33.1 Å². The molecule has 0 spiro atoms. The smallest absolute Gasteiger partial charge is 0.296 e. The maximum Gasteiger partial charge on any atom is 0.296 e. The van der Waals surface area contributed by atoms with Crippen molar-refractivity contribution in [3.8, 4) is 34.5 Å². The first kappa shape index (κ1) is 24.9. The number of nitrogens with one attached hydrogen (secondary N) is 2. The molecule has 1 aliphatic carbocycles. The number of nitrogens with zero attached hydrogens (tertiary/aromatic N) is 2. The number of hydrogen-bond acceptors (Lipinski definition) is 6. The largest absolute Gasteiger partial charge is 0.495 e. The van der Waals surface area contributed by atoms with Crippen molar-refractivity contribution in [2.24, 2.45) is 0 Å². The molecule has 9 heteroatoms. The summed E-state index contributed by atoms with van der Waals surface area (Å²) in [5.74, 6) is 6.38. The summed E-state index contributed by atoms with van der Waals surface area (Å²) >= 11 is 13.2. The molecular formula is C26H26Cl2N4O3. The van der Waals surface area contributed by atoms with Crippen molar-refractivity contribution in [1.82, 2.24) is 15.3 Å². The summed E-state index contributed by atoms with van der Waals surface area (Å²) in [6.07, 6.45) is 5.69. The Morgan fingerprint density at radius 3 is 2.40 bits per heavy atom. The summed E-state index contributed by atoms with van der Waals surface area (Å²) in [7, 11) is 3.08. The third kappa shape index (κ3) is 5.39. The Labute approximate surface area is 214 Å². The van der Waals surface area contributed by atoms with Crippen LogP contribution in [0.5, 0.6) is 11.5 Å². The predicted molar refractivity (Wildman–Crippen MR) is 139 cm³/mol. The molecule has 1 amide bonds.